The molecule has 0 radical (unpaired) electrons. The summed E-state index contributed by atoms with van der Waals surface area (Å²) in [6.45, 7) is 4.60. The zero-order chi connectivity index (χ0) is 78.9. The molecule has 3 N–H and O–H groups in total. The van der Waals surface area contributed by atoms with Gasteiger partial charge in [0.2, 0.25) is 0 Å². The average molecular weight is 1560 g/mol. The number of carbonyl (C=O) groups is 4. The molecular formula is C89H152O17P2. The molecule has 2 unspecified atom stereocenters. The maximum Gasteiger partial charge on any atom is 0.472 e. The van der Waals surface area contributed by atoms with E-state index in [1.807, 2.05) is 0 Å². The predicted octanol–water partition coefficient (Wildman–Crippen LogP) is 25.2. The molecule has 0 aromatic heterocycles. The molecule has 0 spiro atoms. The molecule has 0 saturated carbocycles. The molecule has 0 bridgehead atoms. The number of phosphoric acid groups is 2. The molecule has 108 heavy (non-hydrogen) atoms. The summed E-state index contributed by atoms with van der Waals surface area (Å²) in [6, 6.07) is 0. The molecule has 0 rings (SSSR count). The number of hydrogen-bond donors (Lipinski definition) is 3. The fraction of sp³-hybridized carbons (Fsp3) is 0.708. The van der Waals surface area contributed by atoms with Gasteiger partial charge in [-0.3, -0.25) is 37.3 Å². The molecular weight excluding hydrogens is 1400 g/mol. The van der Waals surface area contributed by atoms with Gasteiger partial charge in [0, 0.05) is 25.7 Å². The van der Waals surface area contributed by atoms with Crippen molar-refractivity contribution in [3.63, 3.8) is 0 Å². The summed E-state index contributed by atoms with van der Waals surface area (Å²) in [7, 11) is -9.99. The van der Waals surface area contributed by atoms with Gasteiger partial charge >= 0.3 is 39.5 Å². The van der Waals surface area contributed by atoms with Crippen molar-refractivity contribution in [2.75, 3.05) is 39.6 Å². The number of ether oxygens (including phenoxy) is 4. The van der Waals surface area contributed by atoms with Gasteiger partial charge in [0.05, 0.1) is 26.4 Å². The van der Waals surface area contributed by atoms with Crippen LogP contribution in [0.4, 0.5) is 0 Å². The lowest BCUT2D eigenvalue weighted by Crippen LogP contribution is -2.30. The van der Waals surface area contributed by atoms with Crippen LogP contribution in [-0.4, -0.2) is 96.7 Å². The van der Waals surface area contributed by atoms with E-state index in [-0.39, 0.29) is 25.7 Å². The lowest BCUT2D eigenvalue weighted by atomic mass is 10.0. The molecule has 19 heteroatoms. The first-order valence-electron chi connectivity index (χ1n) is 42.4. The number of aliphatic hydroxyl groups is 1. The SMILES string of the molecule is CC/C=C\C/C=C\C/C=C\C/C=C\C/C=C\CCCCCC(=O)OC[C@H](COP(=O)(O)OC[C@@H](O)COP(=O)(O)OC[C@@H](COC(=O)CCCCCCCCCCCCCCCCC)OC(=O)CCCCC/C=C\C/C=C\C/C=C\C/C=C\C/C=C\CC)OC(=O)CCCCCCCCC/C=C\CCCCCC. The first kappa shape index (κ1) is 103. The molecule has 0 aliphatic carbocycles. The Morgan fingerprint density at radius 3 is 0.769 bits per heavy atom. The van der Waals surface area contributed by atoms with Crippen LogP contribution < -0.4 is 0 Å². The minimum absolute atomic E-state index is 0.0546. The van der Waals surface area contributed by atoms with Crippen LogP contribution in [0.15, 0.2) is 134 Å². The van der Waals surface area contributed by atoms with Crippen LogP contribution in [0.5, 0.6) is 0 Å². The lowest BCUT2D eigenvalue weighted by molar-refractivity contribution is -0.161. The number of rotatable bonds is 79. The third kappa shape index (κ3) is 79.3. The number of unbranched alkanes of at least 4 members (excludes halogenated alkanes) is 31. The Kier molecular flexibility index (Phi) is 76.7. The van der Waals surface area contributed by atoms with E-state index >= 15 is 0 Å². The highest BCUT2D eigenvalue weighted by Crippen LogP contribution is 2.45. The normalized spacial score (nSPS) is 14.5. The van der Waals surface area contributed by atoms with E-state index in [2.05, 4.69) is 161 Å². The standard InChI is InChI=1S/C89H152O17P2/c1-5-9-13-17-21-25-29-33-37-39-41-43-47-50-54-58-62-66-70-74-87(92)100-80-84(105-88(93)75-71-67-63-59-55-51-46-36-32-28-24-20-16-12-8-4)81-103-107(95,96)101-77-83(90)78-102-108(97,98)104-82-85(79-99-86(91)73-69-65-61-57-53-49-45-35-31-27-23-19-15-11-7-3)106-89(94)76-72-68-64-60-56-52-48-44-42-40-38-34-30-26-22-18-14-10-6-2/h9-10,13-14,21-22,25-26,28,32-34,37-38,41-44,50,52,54,56,83-85,90H,5-8,11-12,15-20,23-24,27,29-31,35-36,39-40,45-49,51,53,55,57-82H2,1-4H3,(H,95,96)(H,97,98)/b13-9-,14-10-,25-21-,26-22-,32-28-,37-33-,38-34-,43-41-,44-42-,54-50-,56-52-/t83-,84-,85-/m1/s1. The van der Waals surface area contributed by atoms with Crippen molar-refractivity contribution < 1.29 is 80.2 Å². The highest BCUT2D eigenvalue weighted by molar-refractivity contribution is 7.47. The van der Waals surface area contributed by atoms with Crippen molar-refractivity contribution in [1.29, 1.82) is 0 Å². The third-order valence-electron chi connectivity index (χ3n) is 17.6. The third-order valence-corrected chi connectivity index (χ3v) is 19.5. The quantitative estimate of drug-likeness (QED) is 0.0169. The van der Waals surface area contributed by atoms with Crippen LogP contribution in [0.1, 0.15) is 349 Å². The molecule has 0 saturated heterocycles. The van der Waals surface area contributed by atoms with E-state index in [0.29, 0.717) is 25.7 Å². The molecule has 17 nitrogen and oxygen atoms in total. The monoisotopic (exact) mass is 1560 g/mol. The van der Waals surface area contributed by atoms with Crippen molar-refractivity contribution in [2.45, 2.75) is 367 Å². The zero-order valence-electron chi connectivity index (χ0n) is 68.0. The summed E-state index contributed by atoms with van der Waals surface area (Å²) in [5.41, 5.74) is 0. The summed E-state index contributed by atoms with van der Waals surface area (Å²) in [4.78, 5) is 73.2. The molecule has 0 heterocycles. The number of esters is 4. The number of aliphatic hydroxyl groups excluding tert-OH is 1. The fourth-order valence-corrected chi connectivity index (χ4v) is 12.8. The maximum atomic E-state index is 13.1. The van der Waals surface area contributed by atoms with Crippen molar-refractivity contribution in [3.8, 4) is 0 Å². The zero-order valence-corrected chi connectivity index (χ0v) is 69.8. The van der Waals surface area contributed by atoms with Gasteiger partial charge in [0.15, 0.2) is 12.2 Å². The van der Waals surface area contributed by atoms with E-state index in [0.717, 1.165) is 173 Å². The van der Waals surface area contributed by atoms with Crippen LogP contribution in [-0.2, 0) is 65.4 Å². The Bertz CT molecular complexity index is 2560. The van der Waals surface area contributed by atoms with Gasteiger partial charge in [0.1, 0.15) is 19.3 Å². The Morgan fingerprint density at radius 1 is 0.269 bits per heavy atom. The lowest BCUT2D eigenvalue weighted by Gasteiger charge is -2.21. The van der Waals surface area contributed by atoms with Gasteiger partial charge in [-0.2, -0.15) is 0 Å². The second-order valence-electron chi connectivity index (χ2n) is 28.0. The molecule has 0 aliphatic heterocycles. The Hall–Kier alpha value is -4.80. The second kappa shape index (κ2) is 80.3. The number of phosphoric ester groups is 2. The molecule has 0 fully saturated rings. The van der Waals surface area contributed by atoms with Crippen LogP contribution in [0.2, 0.25) is 0 Å². The molecule has 0 amide bonds. The van der Waals surface area contributed by atoms with E-state index in [1.165, 1.54) is 96.3 Å². The second-order valence-corrected chi connectivity index (χ2v) is 30.9. The maximum absolute atomic E-state index is 13.1. The summed E-state index contributed by atoms with van der Waals surface area (Å²) in [5.74, 6) is -2.24. The first-order chi connectivity index (χ1) is 52.7. The summed E-state index contributed by atoms with van der Waals surface area (Å²) in [5, 5.41) is 10.7. The molecule has 0 aromatic rings. The average Bonchev–Trinajstić information content (AvgIpc) is 0.914. The highest BCUT2D eigenvalue weighted by atomic mass is 31.2. The van der Waals surface area contributed by atoms with Gasteiger partial charge in [-0.05, 0) is 141 Å². The Balaban J connectivity index is 5.43. The minimum atomic E-state index is -4.99. The summed E-state index contributed by atoms with van der Waals surface area (Å²) >= 11 is 0. The van der Waals surface area contributed by atoms with Crippen molar-refractivity contribution in [2.24, 2.45) is 0 Å². The van der Waals surface area contributed by atoms with Gasteiger partial charge < -0.3 is 33.8 Å². The first-order valence-corrected chi connectivity index (χ1v) is 45.4. The van der Waals surface area contributed by atoms with Gasteiger partial charge in [-0.15, -0.1) is 0 Å². The molecule has 0 aromatic carbocycles. The Morgan fingerprint density at radius 2 is 0.481 bits per heavy atom. The summed E-state index contributed by atoms with van der Waals surface area (Å²) < 4.78 is 68.8. The molecule has 620 valence electrons. The molecule has 5 atom stereocenters. The largest absolute Gasteiger partial charge is 0.472 e. The van der Waals surface area contributed by atoms with Crippen LogP contribution in [0.3, 0.4) is 0 Å². The minimum Gasteiger partial charge on any atom is -0.462 e. The van der Waals surface area contributed by atoms with E-state index in [4.69, 9.17) is 37.0 Å². The fourth-order valence-electron chi connectivity index (χ4n) is 11.2. The topological polar surface area (TPSA) is 237 Å². The van der Waals surface area contributed by atoms with Crippen LogP contribution in [0, 0.1) is 0 Å². The van der Waals surface area contributed by atoms with Crippen molar-refractivity contribution >= 4 is 39.5 Å². The van der Waals surface area contributed by atoms with Crippen LogP contribution >= 0.6 is 15.6 Å². The van der Waals surface area contributed by atoms with Gasteiger partial charge in [-0.1, -0.05) is 315 Å². The predicted molar refractivity (Wildman–Crippen MR) is 445 cm³/mol. The van der Waals surface area contributed by atoms with Gasteiger partial charge in [0.25, 0.3) is 0 Å². The summed E-state index contributed by atoms with van der Waals surface area (Å²) in [6.07, 6.45) is 91.3. The van der Waals surface area contributed by atoms with E-state index in [9.17, 15) is 43.2 Å². The van der Waals surface area contributed by atoms with E-state index in [1.54, 1.807) is 0 Å². The Labute approximate surface area is 656 Å². The number of allylic oxidation sites excluding steroid dienone is 22. The molecule has 0 aliphatic rings. The van der Waals surface area contributed by atoms with Crippen molar-refractivity contribution in [3.05, 3.63) is 134 Å². The highest BCUT2D eigenvalue weighted by Gasteiger charge is 2.30. The van der Waals surface area contributed by atoms with Gasteiger partial charge in [-0.25, -0.2) is 9.13 Å². The van der Waals surface area contributed by atoms with Crippen molar-refractivity contribution in [1.82, 2.24) is 0 Å². The smallest absolute Gasteiger partial charge is 0.462 e. The number of carbonyl (C=O) groups excluding carboxylic acids is 4. The van der Waals surface area contributed by atoms with Crippen LogP contribution in [0.25, 0.3) is 0 Å². The van der Waals surface area contributed by atoms with E-state index < -0.39 is 97.5 Å². The number of hydrogen-bond acceptors (Lipinski definition) is 15.